The van der Waals surface area contributed by atoms with Gasteiger partial charge in [0, 0.05) is 16.5 Å². The van der Waals surface area contributed by atoms with Gasteiger partial charge in [-0.3, -0.25) is 0 Å². The lowest BCUT2D eigenvalue weighted by molar-refractivity contribution is -0.254. The average molecular weight is 304 g/mol. The SMILES string of the molecule is CC[C@H](C)c1ccc(-c2cc(C(=O)[O-])c3ccccc3n2)cc1. The van der Waals surface area contributed by atoms with Crippen LogP contribution in [0.1, 0.15) is 42.1 Å². The summed E-state index contributed by atoms with van der Waals surface area (Å²) in [6.07, 6.45) is 1.09. The Kier molecular flexibility index (Phi) is 4.11. The third kappa shape index (κ3) is 2.95. The highest BCUT2D eigenvalue weighted by atomic mass is 16.4. The summed E-state index contributed by atoms with van der Waals surface area (Å²) in [5.74, 6) is -0.673. The first-order chi connectivity index (χ1) is 11.1. The molecule has 1 atom stereocenters. The van der Waals surface area contributed by atoms with Gasteiger partial charge in [-0.1, -0.05) is 56.3 Å². The minimum absolute atomic E-state index is 0.177. The largest absolute Gasteiger partial charge is 0.545 e. The van der Waals surface area contributed by atoms with E-state index in [0.717, 1.165) is 12.0 Å². The van der Waals surface area contributed by atoms with Crippen LogP contribution in [-0.2, 0) is 0 Å². The van der Waals surface area contributed by atoms with Crippen molar-refractivity contribution in [3.05, 3.63) is 65.7 Å². The molecule has 0 radical (unpaired) electrons. The molecule has 3 nitrogen and oxygen atoms in total. The number of fused-ring (bicyclic) bond motifs is 1. The van der Waals surface area contributed by atoms with Gasteiger partial charge in [0.25, 0.3) is 0 Å². The number of pyridine rings is 1. The van der Waals surface area contributed by atoms with Crippen molar-refractivity contribution >= 4 is 16.9 Å². The van der Waals surface area contributed by atoms with Gasteiger partial charge in [-0.2, -0.15) is 0 Å². The summed E-state index contributed by atoms with van der Waals surface area (Å²) in [5, 5.41) is 12.0. The summed E-state index contributed by atoms with van der Waals surface area (Å²) < 4.78 is 0. The van der Waals surface area contributed by atoms with Gasteiger partial charge in [0.05, 0.1) is 17.2 Å². The average Bonchev–Trinajstić information content (AvgIpc) is 2.60. The van der Waals surface area contributed by atoms with Gasteiger partial charge in [-0.25, -0.2) is 4.98 Å². The van der Waals surface area contributed by atoms with Crippen molar-refractivity contribution in [2.24, 2.45) is 0 Å². The Morgan fingerprint density at radius 3 is 2.48 bits per heavy atom. The molecule has 0 bridgehead atoms. The fourth-order valence-corrected chi connectivity index (χ4v) is 2.71. The molecule has 0 saturated heterocycles. The Labute approximate surface area is 135 Å². The lowest BCUT2D eigenvalue weighted by Gasteiger charge is -2.12. The summed E-state index contributed by atoms with van der Waals surface area (Å²) in [6.45, 7) is 4.35. The Bertz CT molecular complexity index is 853. The maximum absolute atomic E-state index is 11.4. The first-order valence-corrected chi connectivity index (χ1v) is 7.81. The van der Waals surface area contributed by atoms with E-state index < -0.39 is 5.97 Å². The number of para-hydroxylation sites is 1. The van der Waals surface area contributed by atoms with E-state index in [9.17, 15) is 9.90 Å². The maximum Gasteiger partial charge on any atom is 0.0722 e. The molecule has 0 fully saturated rings. The molecule has 3 aromatic rings. The van der Waals surface area contributed by atoms with Crippen molar-refractivity contribution in [3.63, 3.8) is 0 Å². The number of hydrogen-bond donors (Lipinski definition) is 0. The number of hydrogen-bond acceptors (Lipinski definition) is 3. The lowest BCUT2D eigenvalue weighted by atomic mass is 9.96. The summed E-state index contributed by atoms with van der Waals surface area (Å²) in [6, 6.07) is 17.0. The summed E-state index contributed by atoms with van der Waals surface area (Å²) in [4.78, 5) is 16.0. The molecule has 3 rings (SSSR count). The number of aromatic nitrogens is 1. The van der Waals surface area contributed by atoms with Crippen molar-refractivity contribution in [1.82, 2.24) is 4.98 Å². The summed E-state index contributed by atoms with van der Waals surface area (Å²) in [5.41, 5.74) is 3.67. The number of aromatic carboxylic acids is 1. The smallest absolute Gasteiger partial charge is 0.0722 e. The number of carbonyl (C=O) groups is 1. The molecule has 0 amide bonds. The molecule has 116 valence electrons. The van der Waals surface area contributed by atoms with E-state index in [1.54, 1.807) is 18.2 Å². The second-order valence-electron chi connectivity index (χ2n) is 5.79. The van der Waals surface area contributed by atoms with Crippen LogP contribution in [0.4, 0.5) is 0 Å². The van der Waals surface area contributed by atoms with E-state index in [-0.39, 0.29) is 5.56 Å². The number of carboxylic acid groups (broad SMARTS) is 1. The van der Waals surface area contributed by atoms with Crippen molar-refractivity contribution in [1.29, 1.82) is 0 Å². The van der Waals surface area contributed by atoms with Gasteiger partial charge in [0.15, 0.2) is 0 Å². The summed E-state index contributed by atoms with van der Waals surface area (Å²) >= 11 is 0. The molecule has 0 saturated carbocycles. The van der Waals surface area contributed by atoms with E-state index in [0.29, 0.717) is 22.5 Å². The molecule has 0 aliphatic rings. The van der Waals surface area contributed by atoms with Gasteiger partial charge >= 0.3 is 0 Å². The van der Waals surface area contributed by atoms with Crippen LogP contribution in [0.2, 0.25) is 0 Å². The van der Waals surface area contributed by atoms with Crippen molar-refractivity contribution < 1.29 is 9.90 Å². The van der Waals surface area contributed by atoms with Gasteiger partial charge < -0.3 is 9.90 Å². The number of carboxylic acids is 1. The van der Waals surface area contributed by atoms with E-state index in [4.69, 9.17) is 0 Å². The highest BCUT2D eigenvalue weighted by molar-refractivity contribution is 6.02. The molecular formula is C20H18NO2-. The van der Waals surface area contributed by atoms with Crippen LogP contribution < -0.4 is 5.11 Å². The normalized spacial score (nSPS) is 12.3. The zero-order valence-corrected chi connectivity index (χ0v) is 13.2. The number of rotatable bonds is 4. The Balaban J connectivity index is 2.11. The van der Waals surface area contributed by atoms with Crippen LogP contribution in [-0.4, -0.2) is 11.0 Å². The minimum Gasteiger partial charge on any atom is -0.545 e. The Morgan fingerprint density at radius 1 is 1.13 bits per heavy atom. The number of carbonyl (C=O) groups excluding carboxylic acids is 1. The molecule has 0 spiro atoms. The third-order valence-electron chi connectivity index (χ3n) is 4.32. The van der Waals surface area contributed by atoms with Crippen molar-refractivity contribution in [2.45, 2.75) is 26.2 Å². The highest BCUT2D eigenvalue weighted by Gasteiger charge is 2.09. The molecule has 3 heteroatoms. The predicted octanol–water partition coefficient (Wildman–Crippen LogP) is 3.78. The third-order valence-corrected chi connectivity index (χ3v) is 4.32. The molecular weight excluding hydrogens is 286 g/mol. The van der Waals surface area contributed by atoms with Crippen LogP contribution in [0.25, 0.3) is 22.2 Å². The second kappa shape index (κ2) is 6.21. The second-order valence-corrected chi connectivity index (χ2v) is 5.79. The zero-order valence-electron chi connectivity index (χ0n) is 13.2. The molecule has 1 heterocycles. The van der Waals surface area contributed by atoms with E-state index in [1.807, 2.05) is 24.3 Å². The van der Waals surface area contributed by atoms with E-state index in [1.165, 1.54) is 5.56 Å². The topological polar surface area (TPSA) is 53.0 Å². The fourth-order valence-electron chi connectivity index (χ4n) is 2.71. The quantitative estimate of drug-likeness (QED) is 0.737. The molecule has 0 unspecified atom stereocenters. The van der Waals surface area contributed by atoms with Crippen LogP contribution in [0.3, 0.4) is 0 Å². The molecule has 0 N–H and O–H groups in total. The highest BCUT2D eigenvalue weighted by Crippen LogP contribution is 2.26. The van der Waals surface area contributed by atoms with E-state index in [2.05, 4.69) is 31.0 Å². The molecule has 0 aliphatic carbocycles. The van der Waals surface area contributed by atoms with E-state index >= 15 is 0 Å². The molecule has 1 aromatic heterocycles. The minimum atomic E-state index is -1.18. The van der Waals surface area contributed by atoms with Crippen LogP contribution in [0.5, 0.6) is 0 Å². The predicted molar refractivity (Wildman–Crippen MR) is 90.2 cm³/mol. The molecule has 23 heavy (non-hydrogen) atoms. The Morgan fingerprint density at radius 2 is 1.83 bits per heavy atom. The standard InChI is InChI=1S/C20H19NO2/c1-3-13(2)14-8-10-15(11-9-14)19-12-17(20(22)23)16-6-4-5-7-18(16)21-19/h4-13H,3H2,1-2H3,(H,22,23)/p-1/t13-/m0/s1. The van der Waals surface area contributed by atoms with Crippen LogP contribution >= 0.6 is 0 Å². The van der Waals surface area contributed by atoms with Crippen molar-refractivity contribution in [3.8, 4) is 11.3 Å². The molecule has 2 aromatic carbocycles. The molecule has 0 aliphatic heterocycles. The maximum atomic E-state index is 11.4. The van der Waals surface area contributed by atoms with Gasteiger partial charge in [-0.15, -0.1) is 0 Å². The van der Waals surface area contributed by atoms with Crippen molar-refractivity contribution in [2.75, 3.05) is 0 Å². The first-order valence-electron chi connectivity index (χ1n) is 7.81. The van der Waals surface area contributed by atoms with Gasteiger partial charge in [-0.05, 0) is 30.0 Å². The van der Waals surface area contributed by atoms with Gasteiger partial charge in [0.1, 0.15) is 0 Å². The Hall–Kier alpha value is -2.68. The van der Waals surface area contributed by atoms with Crippen LogP contribution in [0, 0.1) is 0 Å². The monoisotopic (exact) mass is 304 g/mol. The number of nitrogens with zero attached hydrogens (tertiary/aromatic N) is 1. The first kappa shape index (κ1) is 15.2. The van der Waals surface area contributed by atoms with Gasteiger partial charge in [0.2, 0.25) is 0 Å². The summed E-state index contributed by atoms with van der Waals surface area (Å²) in [7, 11) is 0. The fraction of sp³-hybridized carbons (Fsp3) is 0.200. The lowest BCUT2D eigenvalue weighted by Crippen LogP contribution is -2.22. The number of benzene rings is 2. The zero-order chi connectivity index (χ0) is 16.4. The van der Waals surface area contributed by atoms with Crippen LogP contribution in [0.15, 0.2) is 54.6 Å².